The van der Waals surface area contributed by atoms with Crippen LogP contribution >= 0.6 is 0 Å². The monoisotopic (exact) mass is 437 g/mol. The van der Waals surface area contributed by atoms with Gasteiger partial charge in [-0.05, 0) is 48.5 Å². The molecule has 0 atom stereocenters. The minimum atomic E-state index is -3.82. The zero-order chi connectivity index (χ0) is 22.6. The summed E-state index contributed by atoms with van der Waals surface area (Å²) in [5.41, 5.74) is 0.198. The summed E-state index contributed by atoms with van der Waals surface area (Å²) in [6.07, 6.45) is 1.21. The van der Waals surface area contributed by atoms with Crippen molar-refractivity contribution < 1.29 is 27.5 Å². The van der Waals surface area contributed by atoms with Crippen LogP contribution in [0.15, 0.2) is 75.5 Å². The van der Waals surface area contributed by atoms with E-state index in [9.17, 15) is 28.4 Å². The van der Waals surface area contributed by atoms with Gasteiger partial charge in [0, 0.05) is 11.6 Å². The molecule has 10 heteroatoms. The van der Waals surface area contributed by atoms with Crippen LogP contribution in [0.1, 0.15) is 16.1 Å². The van der Waals surface area contributed by atoms with E-state index in [2.05, 4.69) is 5.32 Å². The molecule has 9 nitrogen and oxygen atoms in total. The number of amides is 1. The molecule has 1 heterocycles. The van der Waals surface area contributed by atoms with Crippen molar-refractivity contribution in [2.75, 3.05) is 5.32 Å². The lowest BCUT2D eigenvalue weighted by atomic mass is 10.1. The Morgan fingerprint density at radius 3 is 2.35 bits per heavy atom. The second-order valence-electron chi connectivity index (χ2n) is 6.25. The zero-order valence-corrected chi connectivity index (χ0v) is 16.6. The summed E-state index contributed by atoms with van der Waals surface area (Å²) in [6.45, 7) is 0. The summed E-state index contributed by atoms with van der Waals surface area (Å²) in [4.78, 5) is 23.6. The number of sulfonamides is 1. The van der Waals surface area contributed by atoms with Crippen LogP contribution in [0.2, 0.25) is 0 Å². The Kier molecular flexibility index (Phi) is 6.01. The van der Waals surface area contributed by atoms with Crippen LogP contribution in [0.3, 0.4) is 0 Å². The van der Waals surface area contributed by atoms with Crippen molar-refractivity contribution in [3.63, 3.8) is 0 Å². The molecule has 4 N–H and O–H groups in total. The van der Waals surface area contributed by atoms with E-state index in [1.165, 1.54) is 54.6 Å². The van der Waals surface area contributed by atoms with Gasteiger partial charge in [0.25, 0.3) is 5.91 Å². The molecule has 0 saturated carbocycles. The molecule has 0 spiro atoms. The van der Waals surface area contributed by atoms with E-state index in [1.807, 2.05) is 0 Å². The number of benzene rings is 2. The molecule has 2 aromatic carbocycles. The first-order valence-corrected chi connectivity index (χ1v) is 10.2. The number of carbonyl (C=O) groups is 2. The molecular formula is C21H15N3O6S. The topological polar surface area (TPSA) is 163 Å². The fourth-order valence-electron chi connectivity index (χ4n) is 2.65. The number of carboxylic acid groups (broad SMARTS) is 1. The zero-order valence-electron chi connectivity index (χ0n) is 15.8. The maximum atomic E-state index is 12.4. The van der Waals surface area contributed by atoms with Gasteiger partial charge in [-0.15, -0.1) is 0 Å². The Labute approximate surface area is 177 Å². The Morgan fingerprint density at radius 2 is 1.74 bits per heavy atom. The lowest BCUT2D eigenvalue weighted by molar-refractivity contribution is -0.112. The normalized spacial score (nSPS) is 11.5. The van der Waals surface area contributed by atoms with Gasteiger partial charge < -0.3 is 14.8 Å². The van der Waals surface area contributed by atoms with E-state index >= 15 is 0 Å². The van der Waals surface area contributed by atoms with Gasteiger partial charge in [0.1, 0.15) is 23.2 Å². The first-order chi connectivity index (χ1) is 14.7. The molecule has 31 heavy (non-hydrogen) atoms. The number of anilines is 1. The molecule has 1 aromatic heterocycles. The quantitative estimate of drug-likeness (QED) is 0.394. The number of nitrogens with two attached hydrogens (primary N) is 1. The Balaban J connectivity index is 1.83. The fraction of sp³-hybridized carbons (Fsp3) is 0. The summed E-state index contributed by atoms with van der Waals surface area (Å²) >= 11 is 0. The standard InChI is InChI=1S/C21H15N3O6S/c22-12-14(20(25)24-18-4-2-1-3-17(18)21(26)27)11-15-7-10-19(30-15)13-5-8-16(9-6-13)31(23,28)29/h1-11H,(H,24,25)(H,26,27)(H2,23,28,29)/b14-11+. The number of carboxylic acids is 1. The number of primary sulfonamides is 1. The molecule has 0 fully saturated rings. The molecule has 3 rings (SSSR count). The van der Waals surface area contributed by atoms with Crippen molar-refractivity contribution in [3.05, 3.63) is 77.6 Å². The first kappa shape index (κ1) is 21.5. The number of furan rings is 1. The number of rotatable bonds is 6. The summed E-state index contributed by atoms with van der Waals surface area (Å²) in [7, 11) is -3.82. The van der Waals surface area contributed by atoms with Crippen molar-refractivity contribution >= 4 is 33.7 Å². The molecule has 0 radical (unpaired) electrons. The number of nitriles is 1. The number of aromatic carboxylic acids is 1. The first-order valence-electron chi connectivity index (χ1n) is 8.67. The number of carbonyl (C=O) groups excluding carboxylic acids is 1. The maximum Gasteiger partial charge on any atom is 0.337 e. The second kappa shape index (κ2) is 8.66. The average molecular weight is 437 g/mol. The van der Waals surface area contributed by atoms with Gasteiger partial charge >= 0.3 is 5.97 Å². The van der Waals surface area contributed by atoms with Gasteiger partial charge in [-0.3, -0.25) is 4.79 Å². The van der Waals surface area contributed by atoms with Gasteiger partial charge in [0.15, 0.2) is 0 Å². The molecule has 156 valence electrons. The highest BCUT2D eigenvalue weighted by Crippen LogP contribution is 2.25. The Hall–Kier alpha value is -4.20. The van der Waals surface area contributed by atoms with Gasteiger partial charge in [-0.25, -0.2) is 18.4 Å². The van der Waals surface area contributed by atoms with Crippen LogP contribution in [-0.4, -0.2) is 25.4 Å². The van der Waals surface area contributed by atoms with Gasteiger partial charge in [-0.2, -0.15) is 5.26 Å². The third-order valence-electron chi connectivity index (χ3n) is 4.15. The van der Waals surface area contributed by atoms with Gasteiger partial charge in [-0.1, -0.05) is 12.1 Å². The van der Waals surface area contributed by atoms with Crippen LogP contribution in [0.5, 0.6) is 0 Å². The Bertz CT molecular complexity index is 1330. The SMILES string of the molecule is N#C/C(=C\c1ccc(-c2ccc(S(N)(=O)=O)cc2)o1)C(=O)Nc1ccccc1C(=O)O. The van der Waals surface area contributed by atoms with Crippen LogP contribution in [0.4, 0.5) is 5.69 Å². The molecule has 0 aliphatic heterocycles. The number of nitrogens with one attached hydrogen (secondary N) is 1. The molecule has 3 aromatic rings. The van der Waals surface area contributed by atoms with E-state index in [0.29, 0.717) is 11.3 Å². The Morgan fingerprint density at radius 1 is 1.06 bits per heavy atom. The predicted molar refractivity (Wildman–Crippen MR) is 111 cm³/mol. The van der Waals surface area contributed by atoms with E-state index in [4.69, 9.17) is 9.56 Å². The van der Waals surface area contributed by atoms with Crippen molar-refractivity contribution in [2.24, 2.45) is 5.14 Å². The van der Waals surface area contributed by atoms with E-state index in [1.54, 1.807) is 18.2 Å². The minimum absolute atomic E-state index is 0.0481. The summed E-state index contributed by atoms with van der Waals surface area (Å²) in [6, 6.07) is 16.3. The number of para-hydroxylation sites is 1. The molecule has 0 aliphatic carbocycles. The molecule has 0 unspecified atom stereocenters. The van der Waals surface area contributed by atoms with Crippen molar-refractivity contribution in [1.82, 2.24) is 0 Å². The van der Waals surface area contributed by atoms with E-state index < -0.39 is 21.9 Å². The molecular weight excluding hydrogens is 422 g/mol. The predicted octanol–water partition coefficient (Wildman–Crippen LogP) is 2.84. The van der Waals surface area contributed by atoms with Crippen molar-refractivity contribution in [2.45, 2.75) is 4.90 Å². The fourth-order valence-corrected chi connectivity index (χ4v) is 3.17. The largest absolute Gasteiger partial charge is 0.478 e. The lowest BCUT2D eigenvalue weighted by Crippen LogP contribution is -2.16. The molecule has 1 amide bonds. The number of nitrogens with zero attached hydrogens (tertiary/aromatic N) is 1. The third-order valence-corrected chi connectivity index (χ3v) is 5.08. The molecule has 0 aliphatic rings. The third kappa shape index (κ3) is 5.05. The highest BCUT2D eigenvalue weighted by molar-refractivity contribution is 7.89. The molecule has 0 bridgehead atoms. The van der Waals surface area contributed by atoms with E-state index in [0.717, 1.165) is 0 Å². The number of hydrogen-bond donors (Lipinski definition) is 3. The highest BCUT2D eigenvalue weighted by atomic mass is 32.2. The van der Waals surface area contributed by atoms with Crippen LogP contribution in [0.25, 0.3) is 17.4 Å². The maximum absolute atomic E-state index is 12.4. The van der Waals surface area contributed by atoms with Crippen LogP contribution in [0, 0.1) is 11.3 Å². The van der Waals surface area contributed by atoms with Crippen LogP contribution in [-0.2, 0) is 14.8 Å². The number of hydrogen-bond acceptors (Lipinski definition) is 6. The minimum Gasteiger partial charge on any atom is -0.478 e. The van der Waals surface area contributed by atoms with Gasteiger partial charge in [0.2, 0.25) is 10.0 Å². The summed E-state index contributed by atoms with van der Waals surface area (Å²) in [5.74, 6) is -1.45. The van der Waals surface area contributed by atoms with Crippen molar-refractivity contribution in [1.29, 1.82) is 5.26 Å². The lowest BCUT2D eigenvalue weighted by Gasteiger charge is -2.07. The summed E-state index contributed by atoms with van der Waals surface area (Å²) < 4.78 is 28.3. The van der Waals surface area contributed by atoms with E-state index in [-0.39, 0.29) is 27.5 Å². The van der Waals surface area contributed by atoms with Crippen LogP contribution < -0.4 is 10.5 Å². The van der Waals surface area contributed by atoms with Gasteiger partial charge in [0.05, 0.1) is 16.1 Å². The highest BCUT2D eigenvalue weighted by Gasteiger charge is 2.16. The smallest absolute Gasteiger partial charge is 0.337 e. The second-order valence-corrected chi connectivity index (χ2v) is 7.81. The molecule has 0 saturated heterocycles. The average Bonchev–Trinajstić information content (AvgIpc) is 3.20. The summed E-state index contributed by atoms with van der Waals surface area (Å²) in [5, 5.41) is 26.0. The van der Waals surface area contributed by atoms with Crippen molar-refractivity contribution in [3.8, 4) is 17.4 Å².